The maximum atomic E-state index is 6.31. The molecule has 1 heterocycles. The van der Waals surface area contributed by atoms with Gasteiger partial charge in [0.2, 0.25) is 0 Å². The quantitative estimate of drug-likeness (QED) is 0.618. The number of fused-ring (bicyclic) bond motifs is 4. The number of hydrogen-bond donors (Lipinski definition) is 1. The predicted octanol–water partition coefficient (Wildman–Crippen LogP) is 6.39. The molecule has 0 unspecified atom stereocenters. The summed E-state index contributed by atoms with van der Waals surface area (Å²) < 4.78 is 6.31. The first kappa shape index (κ1) is 19.4. The third-order valence-corrected chi connectivity index (χ3v) is 8.13. The molecule has 29 heavy (non-hydrogen) atoms. The minimum atomic E-state index is 0.386. The van der Waals surface area contributed by atoms with Crippen LogP contribution < -0.4 is 10.1 Å². The van der Waals surface area contributed by atoms with Gasteiger partial charge in [0.05, 0.1) is 17.3 Å². The van der Waals surface area contributed by atoms with Crippen LogP contribution in [0.3, 0.4) is 0 Å². The van der Waals surface area contributed by atoms with Crippen molar-refractivity contribution in [1.82, 2.24) is 10.3 Å². The van der Waals surface area contributed by atoms with Crippen molar-refractivity contribution >= 4 is 10.9 Å². The number of aromatic nitrogens is 1. The number of nitrogens with zero attached hydrogens (tertiary/aromatic N) is 1. The minimum Gasteiger partial charge on any atom is -0.490 e. The first-order valence-corrected chi connectivity index (χ1v) is 12.0. The molecule has 0 atom stereocenters. The van der Waals surface area contributed by atoms with Gasteiger partial charge in [0.25, 0.3) is 0 Å². The van der Waals surface area contributed by atoms with Crippen molar-refractivity contribution in [2.75, 3.05) is 0 Å². The first-order chi connectivity index (χ1) is 14.2. The Morgan fingerprint density at radius 3 is 2.45 bits per heavy atom. The average molecular weight is 393 g/mol. The molecule has 0 saturated heterocycles. The molecule has 3 nitrogen and oxygen atoms in total. The Hall–Kier alpha value is -1.61. The molecule has 4 saturated carbocycles. The van der Waals surface area contributed by atoms with E-state index in [0.29, 0.717) is 11.6 Å². The number of rotatable bonds is 6. The van der Waals surface area contributed by atoms with Crippen molar-refractivity contribution in [3.05, 3.63) is 36.0 Å². The summed E-state index contributed by atoms with van der Waals surface area (Å²) in [4.78, 5) is 4.93. The van der Waals surface area contributed by atoms with Crippen molar-refractivity contribution < 1.29 is 4.74 Å². The molecule has 4 aliphatic rings. The molecule has 0 amide bonds. The van der Waals surface area contributed by atoms with Crippen LogP contribution >= 0.6 is 0 Å². The topological polar surface area (TPSA) is 34.1 Å². The van der Waals surface area contributed by atoms with Crippen molar-refractivity contribution in [3.63, 3.8) is 0 Å². The van der Waals surface area contributed by atoms with E-state index in [1.165, 1.54) is 76.0 Å². The zero-order chi connectivity index (χ0) is 19.7. The lowest BCUT2D eigenvalue weighted by atomic mass is 9.66. The molecule has 4 aliphatic carbocycles. The monoisotopic (exact) mass is 392 g/mol. The van der Waals surface area contributed by atoms with Gasteiger partial charge in [-0.05, 0) is 100 Å². The van der Waals surface area contributed by atoms with Crippen molar-refractivity contribution in [1.29, 1.82) is 0 Å². The lowest BCUT2D eigenvalue weighted by Crippen LogP contribution is -2.51. The average Bonchev–Trinajstić information content (AvgIpc) is 2.79. The van der Waals surface area contributed by atoms with Crippen LogP contribution in [0.1, 0.15) is 83.2 Å². The molecule has 0 aliphatic heterocycles. The lowest BCUT2D eigenvalue weighted by molar-refractivity contribution is 0.103. The Bertz CT molecular complexity index is 818. The van der Waals surface area contributed by atoms with E-state index >= 15 is 0 Å². The fourth-order valence-electron chi connectivity index (χ4n) is 5.96. The van der Waals surface area contributed by atoms with Gasteiger partial charge >= 0.3 is 0 Å². The largest absolute Gasteiger partial charge is 0.490 e. The van der Waals surface area contributed by atoms with Gasteiger partial charge in [-0.25, -0.2) is 0 Å². The highest BCUT2D eigenvalue weighted by Gasteiger charge is 2.39. The van der Waals surface area contributed by atoms with Crippen LogP contribution in [-0.4, -0.2) is 16.6 Å². The second kappa shape index (κ2) is 8.26. The van der Waals surface area contributed by atoms with Crippen LogP contribution in [0, 0.1) is 11.8 Å². The zero-order valence-electron chi connectivity index (χ0n) is 18.0. The molecule has 6 rings (SSSR count). The van der Waals surface area contributed by atoms with Gasteiger partial charge < -0.3 is 10.1 Å². The minimum absolute atomic E-state index is 0.386. The Labute approximate surface area is 175 Å². The van der Waals surface area contributed by atoms with Gasteiger partial charge in [0.15, 0.2) is 0 Å². The molecule has 0 spiro atoms. The molecule has 156 valence electrons. The molecule has 0 radical (unpaired) electrons. The van der Waals surface area contributed by atoms with Gasteiger partial charge in [0.1, 0.15) is 5.75 Å². The van der Waals surface area contributed by atoms with Crippen LogP contribution in [0.2, 0.25) is 0 Å². The van der Waals surface area contributed by atoms with E-state index < -0.39 is 0 Å². The summed E-state index contributed by atoms with van der Waals surface area (Å²) in [5.41, 5.74) is 2.63. The van der Waals surface area contributed by atoms with E-state index in [-0.39, 0.29) is 0 Å². The van der Waals surface area contributed by atoms with Crippen molar-refractivity contribution in [2.45, 2.75) is 95.7 Å². The highest BCUT2D eigenvalue weighted by Crippen LogP contribution is 2.44. The number of pyridine rings is 1. The van der Waals surface area contributed by atoms with E-state index in [1.807, 2.05) is 0 Å². The number of ether oxygens (including phenoxy) is 1. The molecule has 3 heteroatoms. The summed E-state index contributed by atoms with van der Waals surface area (Å²) in [6.45, 7) is 3.20. The predicted molar refractivity (Wildman–Crippen MR) is 119 cm³/mol. The Kier molecular flexibility index (Phi) is 5.51. The Morgan fingerprint density at radius 2 is 1.72 bits per heavy atom. The summed E-state index contributed by atoms with van der Waals surface area (Å²) in [5, 5.41) is 5.08. The third kappa shape index (κ3) is 4.30. The van der Waals surface area contributed by atoms with Crippen LogP contribution in [0.15, 0.2) is 30.3 Å². The fraction of sp³-hybridized carbons (Fsp3) is 0.654. The van der Waals surface area contributed by atoms with Crippen LogP contribution in [-0.2, 0) is 6.54 Å². The van der Waals surface area contributed by atoms with Crippen LogP contribution in [0.5, 0.6) is 5.75 Å². The number of hydrogen-bond acceptors (Lipinski definition) is 3. The highest BCUT2D eigenvalue weighted by atomic mass is 16.5. The summed E-state index contributed by atoms with van der Waals surface area (Å²) in [6, 6.07) is 10.8. The maximum absolute atomic E-state index is 6.31. The van der Waals surface area contributed by atoms with Gasteiger partial charge in [-0.2, -0.15) is 0 Å². The normalized spacial score (nSPS) is 31.8. The Balaban J connectivity index is 1.21. The molecular weight excluding hydrogens is 356 g/mol. The molecule has 1 N–H and O–H groups in total. The van der Waals surface area contributed by atoms with E-state index in [2.05, 4.69) is 42.6 Å². The van der Waals surface area contributed by atoms with Gasteiger partial charge in [-0.1, -0.05) is 19.4 Å². The van der Waals surface area contributed by atoms with E-state index in [9.17, 15) is 0 Å². The number of benzene rings is 1. The SMILES string of the molecule is CCC1CCC(Oc2ccc3nc(CNC45CCC(CC4)CC5)ccc3c2)CC1. The van der Waals surface area contributed by atoms with E-state index in [4.69, 9.17) is 9.72 Å². The molecule has 2 aromatic rings. The summed E-state index contributed by atoms with van der Waals surface area (Å²) in [6.07, 6.45) is 15.0. The van der Waals surface area contributed by atoms with E-state index in [1.54, 1.807) is 0 Å². The first-order valence-electron chi connectivity index (χ1n) is 12.0. The van der Waals surface area contributed by atoms with E-state index in [0.717, 1.165) is 35.3 Å². The van der Waals surface area contributed by atoms with Crippen molar-refractivity contribution in [2.24, 2.45) is 11.8 Å². The number of nitrogens with one attached hydrogen (secondary N) is 1. The second-order valence-electron chi connectivity index (χ2n) is 9.94. The molecular formula is C26H36N2O. The summed E-state index contributed by atoms with van der Waals surface area (Å²) in [5.74, 6) is 2.92. The Morgan fingerprint density at radius 1 is 0.966 bits per heavy atom. The van der Waals surface area contributed by atoms with Gasteiger partial charge in [0, 0.05) is 17.5 Å². The van der Waals surface area contributed by atoms with Gasteiger partial charge in [-0.15, -0.1) is 0 Å². The van der Waals surface area contributed by atoms with Crippen LogP contribution in [0.25, 0.3) is 10.9 Å². The molecule has 1 aromatic carbocycles. The van der Waals surface area contributed by atoms with Crippen molar-refractivity contribution in [3.8, 4) is 5.75 Å². The summed E-state index contributed by atoms with van der Waals surface area (Å²) in [7, 11) is 0. The van der Waals surface area contributed by atoms with Crippen LogP contribution in [0.4, 0.5) is 0 Å². The maximum Gasteiger partial charge on any atom is 0.120 e. The third-order valence-electron chi connectivity index (χ3n) is 8.13. The summed E-state index contributed by atoms with van der Waals surface area (Å²) >= 11 is 0. The molecule has 1 aromatic heterocycles. The lowest BCUT2D eigenvalue weighted by Gasteiger charge is -2.47. The smallest absolute Gasteiger partial charge is 0.120 e. The molecule has 4 fully saturated rings. The highest BCUT2D eigenvalue weighted by molar-refractivity contribution is 5.80. The van der Waals surface area contributed by atoms with Gasteiger partial charge in [-0.3, -0.25) is 4.98 Å². The molecule has 2 bridgehead atoms. The second-order valence-corrected chi connectivity index (χ2v) is 9.94. The standard InChI is InChI=1S/C26H36N2O/c1-2-19-3-7-23(8-4-19)29-24-9-10-25-21(17-24)5-6-22(28-25)18-27-26-14-11-20(12-15-26)13-16-26/h5-6,9-10,17,19-20,23,27H,2-4,7-8,11-16,18H2,1H3. The zero-order valence-corrected chi connectivity index (χ0v) is 18.0. The fourth-order valence-corrected chi connectivity index (χ4v) is 5.96.